The lowest BCUT2D eigenvalue weighted by Crippen LogP contribution is -2.03. The zero-order chi connectivity index (χ0) is 19.5. The number of Topliss-reactive ketones (excluding diaryl/α,β-unsaturated/α-hetero) is 1. The summed E-state index contributed by atoms with van der Waals surface area (Å²) in [5.74, 6) is 2.50. The molecule has 1 aliphatic rings. The molecule has 6 nitrogen and oxygen atoms in total. The Labute approximate surface area is 167 Å². The molecule has 1 aromatic heterocycles. The quantitative estimate of drug-likeness (QED) is 0.413. The van der Waals surface area contributed by atoms with Gasteiger partial charge in [0.05, 0.1) is 5.75 Å². The van der Waals surface area contributed by atoms with Gasteiger partial charge in [0.15, 0.2) is 17.3 Å². The molecule has 0 radical (unpaired) electrons. The van der Waals surface area contributed by atoms with Crippen molar-refractivity contribution in [3.05, 3.63) is 53.6 Å². The van der Waals surface area contributed by atoms with Crippen LogP contribution in [0, 0.1) is 0 Å². The first kappa shape index (κ1) is 18.6. The first-order valence-electron chi connectivity index (χ1n) is 9.13. The lowest BCUT2D eigenvalue weighted by atomic mass is 9.97. The largest absolute Gasteiger partial charge is 0.454 e. The minimum Gasteiger partial charge on any atom is -0.454 e. The van der Waals surface area contributed by atoms with Gasteiger partial charge in [0.25, 0.3) is 5.22 Å². The Hall–Kier alpha value is -2.80. The molecule has 4 rings (SSSR count). The fraction of sp³-hybridized carbons (Fsp3) is 0.286. The van der Waals surface area contributed by atoms with E-state index in [-0.39, 0.29) is 18.3 Å². The molecule has 2 aromatic carbocycles. The fourth-order valence-corrected chi connectivity index (χ4v) is 3.52. The minimum atomic E-state index is 0.0310. The van der Waals surface area contributed by atoms with Crippen LogP contribution in [0.25, 0.3) is 11.5 Å². The van der Waals surface area contributed by atoms with E-state index in [9.17, 15) is 4.79 Å². The molecular weight excluding hydrogens is 376 g/mol. The number of carbonyl (C=O) groups is 1. The molecule has 7 heteroatoms. The van der Waals surface area contributed by atoms with Crippen LogP contribution in [-0.2, 0) is 0 Å². The molecule has 0 saturated carbocycles. The van der Waals surface area contributed by atoms with Gasteiger partial charge in [-0.1, -0.05) is 49.9 Å². The van der Waals surface area contributed by atoms with Crippen LogP contribution in [0.5, 0.6) is 11.5 Å². The molecule has 0 N–H and O–H groups in total. The number of hydrogen-bond donors (Lipinski definition) is 0. The van der Waals surface area contributed by atoms with Gasteiger partial charge in [-0.15, -0.1) is 10.2 Å². The number of benzene rings is 2. The van der Waals surface area contributed by atoms with Gasteiger partial charge in [-0.3, -0.25) is 4.79 Å². The molecule has 0 fully saturated rings. The van der Waals surface area contributed by atoms with Gasteiger partial charge >= 0.3 is 0 Å². The van der Waals surface area contributed by atoms with Crippen LogP contribution in [0.3, 0.4) is 0 Å². The van der Waals surface area contributed by atoms with Crippen molar-refractivity contribution in [1.82, 2.24) is 10.2 Å². The highest BCUT2D eigenvalue weighted by atomic mass is 32.2. The van der Waals surface area contributed by atoms with Crippen molar-refractivity contribution < 1.29 is 18.7 Å². The summed E-state index contributed by atoms with van der Waals surface area (Å²) in [7, 11) is 0. The molecule has 1 atom stereocenters. The van der Waals surface area contributed by atoms with Crippen molar-refractivity contribution in [2.24, 2.45) is 0 Å². The number of rotatable bonds is 7. The number of carbonyl (C=O) groups excluding carboxylic acids is 1. The predicted octanol–water partition coefficient (Wildman–Crippen LogP) is 4.95. The van der Waals surface area contributed by atoms with E-state index in [0.717, 1.165) is 12.0 Å². The monoisotopic (exact) mass is 396 g/mol. The van der Waals surface area contributed by atoms with E-state index in [2.05, 4.69) is 24.0 Å². The highest BCUT2D eigenvalue weighted by Gasteiger charge is 2.17. The molecule has 2 heterocycles. The zero-order valence-electron chi connectivity index (χ0n) is 15.7. The van der Waals surface area contributed by atoms with E-state index in [4.69, 9.17) is 13.9 Å². The second-order valence-electron chi connectivity index (χ2n) is 6.58. The first-order chi connectivity index (χ1) is 13.6. The fourth-order valence-electron chi connectivity index (χ4n) is 2.86. The van der Waals surface area contributed by atoms with Crippen LogP contribution in [0.1, 0.15) is 42.1 Å². The Kier molecular flexibility index (Phi) is 5.34. The van der Waals surface area contributed by atoms with E-state index in [1.54, 1.807) is 12.1 Å². The van der Waals surface area contributed by atoms with E-state index < -0.39 is 0 Å². The number of ketones is 1. The molecule has 144 valence electrons. The van der Waals surface area contributed by atoms with Crippen LogP contribution in [0.15, 0.2) is 52.1 Å². The number of thioether (sulfide) groups is 1. The predicted molar refractivity (Wildman–Crippen MR) is 106 cm³/mol. The number of ether oxygens (including phenoxy) is 2. The highest BCUT2D eigenvalue weighted by Crippen LogP contribution is 2.36. The first-order valence-corrected chi connectivity index (χ1v) is 10.1. The average molecular weight is 396 g/mol. The second kappa shape index (κ2) is 8.06. The van der Waals surface area contributed by atoms with Gasteiger partial charge in [-0.05, 0) is 36.1 Å². The minimum absolute atomic E-state index is 0.0310. The normalized spacial score (nSPS) is 13.5. The summed E-state index contributed by atoms with van der Waals surface area (Å²) in [4.78, 5) is 12.4. The second-order valence-corrected chi connectivity index (χ2v) is 7.51. The summed E-state index contributed by atoms with van der Waals surface area (Å²) in [6, 6.07) is 13.3. The highest BCUT2D eigenvalue weighted by molar-refractivity contribution is 7.99. The van der Waals surface area contributed by atoms with Crippen LogP contribution < -0.4 is 9.47 Å². The molecule has 0 saturated heterocycles. The molecule has 1 unspecified atom stereocenters. The third-order valence-electron chi connectivity index (χ3n) is 4.77. The third-order valence-corrected chi connectivity index (χ3v) is 5.59. The van der Waals surface area contributed by atoms with Gasteiger partial charge in [0, 0.05) is 11.1 Å². The molecular formula is C21H20N2O4S. The molecule has 0 aliphatic carbocycles. The van der Waals surface area contributed by atoms with Crippen molar-refractivity contribution in [3.63, 3.8) is 0 Å². The molecule has 0 bridgehead atoms. The Balaban J connectivity index is 1.38. The maximum Gasteiger partial charge on any atom is 0.277 e. The van der Waals surface area contributed by atoms with E-state index in [0.29, 0.717) is 34.1 Å². The average Bonchev–Trinajstić information content (AvgIpc) is 3.40. The van der Waals surface area contributed by atoms with Crippen molar-refractivity contribution >= 4 is 17.5 Å². The van der Waals surface area contributed by atoms with Crippen molar-refractivity contribution in [1.29, 1.82) is 0 Å². The van der Waals surface area contributed by atoms with Crippen LogP contribution in [0.4, 0.5) is 0 Å². The van der Waals surface area contributed by atoms with Crippen LogP contribution in [0.2, 0.25) is 0 Å². The van der Waals surface area contributed by atoms with E-state index in [1.165, 1.54) is 17.3 Å². The summed E-state index contributed by atoms with van der Waals surface area (Å²) >= 11 is 1.23. The van der Waals surface area contributed by atoms with E-state index in [1.807, 2.05) is 30.3 Å². The number of hydrogen-bond acceptors (Lipinski definition) is 7. The summed E-state index contributed by atoms with van der Waals surface area (Å²) in [6.07, 6.45) is 1.08. The van der Waals surface area contributed by atoms with Gasteiger partial charge in [-0.2, -0.15) is 0 Å². The summed E-state index contributed by atoms with van der Waals surface area (Å²) in [6.45, 7) is 4.55. The molecule has 28 heavy (non-hydrogen) atoms. The number of aromatic nitrogens is 2. The van der Waals surface area contributed by atoms with Gasteiger partial charge in [0.2, 0.25) is 12.7 Å². The Morgan fingerprint density at radius 3 is 2.68 bits per heavy atom. The zero-order valence-corrected chi connectivity index (χ0v) is 16.5. The van der Waals surface area contributed by atoms with E-state index >= 15 is 0 Å². The summed E-state index contributed by atoms with van der Waals surface area (Å²) in [5.41, 5.74) is 2.68. The molecule has 1 aliphatic heterocycles. The molecule has 0 amide bonds. The summed E-state index contributed by atoms with van der Waals surface area (Å²) in [5, 5.41) is 8.44. The van der Waals surface area contributed by atoms with Gasteiger partial charge in [-0.25, -0.2) is 0 Å². The molecule has 0 spiro atoms. The number of nitrogens with zero attached hydrogens (tertiary/aromatic N) is 2. The SMILES string of the molecule is CCC(C)c1ccc(C(=O)CSc2nnc(-c3ccc4c(c3)OCO4)o2)cc1. The number of fused-ring (bicyclic) bond motifs is 1. The van der Waals surface area contributed by atoms with Crippen molar-refractivity contribution in [3.8, 4) is 23.0 Å². The maximum absolute atomic E-state index is 12.4. The van der Waals surface area contributed by atoms with Gasteiger partial charge < -0.3 is 13.9 Å². The van der Waals surface area contributed by atoms with Crippen molar-refractivity contribution in [2.45, 2.75) is 31.4 Å². The smallest absolute Gasteiger partial charge is 0.277 e. The Morgan fingerprint density at radius 1 is 1.11 bits per heavy atom. The van der Waals surface area contributed by atoms with Gasteiger partial charge in [0.1, 0.15) is 0 Å². The topological polar surface area (TPSA) is 74.5 Å². The maximum atomic E-state index is 12.4. The van der Waals surface area contributed by atoms with Crippen LogP contribution >= 0.6 is 11.8 Å². The Bertz CT molecular complexity index is 984. The third kappa shape index (κ3) is 3.89. The lowest BCUT2D eigenvalue weighted by Gasteiger charge is -2.09. The summed E-state index contributed by atoms with van der Waals surface area (Å²) < 4.78 is 16.3. The Morgan fingerprint density at radius 2 is 1.89 bits per heavy atom. The van der Waals surface area contributed by atoms with Crippen LogP contribution in [-0.4, -0.2) is 28.5 Å². The van der Waals surface area contributed by atoms with Crippen molar-refractivity contribution in [2.75, 3.05) is 12.5 Å². The standard InChI is InChI=1S/C21H20N2O4S/c1-3-13(2)14-4-6-15(7-5-14)17(24)11-28-21-23-22-20(27-21)16-8-9-18-19(10-16)26-12-25-18/h4-10,13H,3,11-12H2,1-2H3. The lowest BCUT2D eigenvalue weighted by molar-refractivity contribution is 0.102. The molecule has 3 aromatic rings.